The Kier molecular flexibility index (Phi) is 4.59. The zero-order chi connectivity index (χ0) is 15.4. The third-order valence-electron chi connectivity index (χ3n) is 2.98. The molecule has 0 bridgehead atoms. The maximum atomic E-state index is 12.2. The fourth-order valence-electron chi connectivity index (χ4n) is 1.90. The van der Waals surface area contributed by atoms with Crippen molar-refractivity contribution in [1.82, 2.24) is 0 Å². The third-order valence-corrected chi connectivity index (χ3v) is 3.20. The van der Waals surface area contributed by atoms with Gasteiger partial charge < -0.3 is 20.2 Å². The smallest absolute Gasteiger partial charge is 0.291 e. The molecule has 0 radical (unpaired) electrons. The van der Waals surface area contributed by atoms with Crippen molar-refractivity contribution in [3.63, 3.8) is 0 Å². The van der Waals surface area contributed by atoms with Crippen LogP contribution in [0.4, 0.5) is 5.69 Å². The number of nitrogens with two attached hydrogens (primary N) is 1. The molecule has 21 heavy (non-hydrogen) atoms. The van der Waals surface area contributed by atoms with Gasteiger partial charge >= 0.3 is 0 Å². The van der Waals surface area contributed by atoms with Gasteiger partial charge in [-0.2, -0.15) is 0 Å². The number of amides is 1. The van der Waals surface area contributed by atoms with Crippen molar-refractivity contribution in [2.75, 3.05) is 12.4 Å². The molecule has 1 amide bonds. The van der Waals surface area contributed by atoms with Gasteiger partial charge in [-0.1, -0.05) is 25.2 Å². The van der Waals surface area contributed by atoms with Crippen molar-refractivity contribution >= 4 is 28.8 Å². The van der Waals surface area contributed by atoms with Crippen LogP contribution in [0.25, 0.3) is 0 Å². The standard InChI is InChI=1S/C15H16N2O3S/c1-3-9-7-8-12(20-9)15(18)17-13-10(14(16)21)5-4-6-11(13)19-2/h4-8H,3H2,1-2H3,(H2,16,21)(H,17,18). The number of rotatable bonds is 5. The highest BCUT2D eigenvalue weighted by Crippen LogP contribution is 2.29. The van der Waals surface area contributed by atoms with E-state index in [9.17, 15) is 4.79 Å². The molecule has 1 aromatic carbocycles. The first-order chi connectivity index (χ1) is 10.1. The molecule has 0 atom stereocenters. The lowest BCUT2D eigenvalue weighted by molar-refractivity contribution is 0.0994. The second-order valence-corrected chi connectivity index (χ2v) is 4.76. The number of aryl methyl sites for hydroxylation is 1. The zero-order valence-corrected chi connectivity index (χ0v) is 12.6. The largest absolute Gasteiger partial charge is 0.495 e. The van der Waals surface area contributed by atoms with Crippen LogP contribution in [-0.2, 0) is 6.42 Å². The lowest BCUT2D eigenvalue weighted by atomic mass is 10.1. The highest BCUT2D eigenvalue weighted by Gasteiger charge is 2.17. The molecule has 3 N–H and O–H groups in total. The molecule has 6 heteroatoms. The number of anilines is 1. The van der Waals surface area contributed by atoms with E-state index in [-0.39, 0.29) is 16.7 Å². The molecule has 5 nitrogen and oxygen atoms in total. The normalized spacial score (nSPS) is 10.2. The maximum Gasteiger partial charge on any atom is 0.291 e. The quantitative estimate of drug-likeness (QED) is 0.831. The summed E-state index contributed by atoms with van der Waals surface area (Å²) < 4.78 is 10.7. The van der Waals surface area contributed by atoms with Crippen molar-refractivity contribution < 1.29 is 13.9 Å². The topological polar surface area (TPSA) is 77.5 Å². The Morgan fingerprint density at radius 1 is 1.38 bits per heavy atom. The van der Waals surface area contributed by atoms with Gasteiger partial charge in [-0.25, -0.2) is 0 Å². The molecular weight excluding hydrogens is 288 g/mol. The summed E-state index contributed by atoms with van der Waals surface area (Å²) in [6.07, 6.45) is 0.722. The van der Waals surface area contributed by atoms with Gasteiger partial charge in [0, 0.05) is 12.0 Å². The van der Waals surface area contributed by atoms with Gasteiger partial charge in [0.15, 0.2) is 5.76 Å². The van der Waals surface area contributed by atoms with E-state index in [0.29, 0.717) is 17.0 Å². The van der Waals surface area contributed by atoms with E-state index in [4.69, 9.17) is 27.1 Å². The van der Waals surface area contributed by atoms with Crippen LogP contribution in [0, 0.1) is 0 Å². The molecule has 0 unspecified atom stereocenters. The molecule has 0 saturated carbocycles. The molecule has 110 valence electrons. The van der Waals surface area contributed by atoms with Gasteiger partial charge in [-0.3, -0.25) is 4.79 Å². The molecule has 0 aliphatic rings. The highest BCUT2D eigenvalue weighted by molar-refractivity contribution is 7.80. The Morgan fingerprint density at radius 3 is 2.71 bits per heavy atom. The van der Waals surface area contributed by atoms with Gasteiger partial charge in [0.25, 0.3) is 5.91 Å². The molecule has 0 saturated heterocycles. The van der Waals surface area contributed by atoms with Gasteiger partial charge in [0.1, 0.15) is 16.5 Å². The van der Waals surface area contributed by atoms with E-state index in [1.807, 2.05) is 6.92 Å². The molecule has 0 aliphatic heterocycles. The third kappa shape index (κ3) is 3.22. The summed E-state index contributed by atoms with van der Waals surface area (Å²) in [6, 6.07) is 8.60. The average Bonchev–Trinajstić information content (AvgIpc) is 2.96. The molecule has 2 aromatic rings. The van der Waals surface area contributed by atoms with E-state index in [2.05, 4.69) is 5.32 Å². The number of hydrogen-bond acceptors (Lipinski definition) is 4. The number of para-hydroxylation sites is 1. The number of carbonyl (C=O) groups is 1. The lowest BCUT2D eigenvalue weighted by Crippen LogP contribution is -2.18. The molecule has 1 aromatic heterocycles. The summed E-state index contributed by atoms with van der Waals surface area (Å²) in [5.74, 6) is 1.08. The minimum absolute atomic E-state index is 0.179. The van der Waals surface area contributed by atoms with Crippen LogP contribution in [0.15, 0.2) is 34.7 Å². The Hall–Kier alpha value is -2.34. The molecule has 2 rings (SSSR count). The fraction of sp³-hybridized carbons (Fsp3) is 0.200. The number of benzene rings is 1. The average molecular weight is 304 g/mol. The Morgan fingerprint density at radius 2 is 2.14 bits per heavy atom. The van der Waals surface area contributed by atoms with Crippen molar-refractivity contribution in [3.8, 4) is 5.75 Å². The first kappa shape index (κ1) is 15.1. The van der Waals surface area contributed by atoms with Crippen LogP contribution >= 0.6 is 12.2 Å². The van der Waals surface area contributed by atoms with Crippen molar-refractivity contribution in [2.24, 2.45) is 5.73 Å². The number of nitrogens with one attached hydrogen (secondary N) is 1. The van der Waals surface area contributed by atoms with Gasteiger partial charge in [0.2, 0.25) is 0 Å². The minimum Gasteiger partial charge on any atom is -0.495 e. The first-order valence-electron chi connectivity index (χ1n) is 6.43. The van der Waals surface area contributed by atoms with Crippen molar-refractivity contribution in [1.29, 1.82) is 0 Å². The lowest BCUT2D eigenvalue weighted by Gasteiger charge is -2.13. The van der Waals surface area contributed by atoms with E-state index in [1.165, 1.54) is 7.11 Å². The zero-order valence-electron chi connectivity index (χ0n) is 11.8. The van der Waals surface area contributed by atoms with Crippen molar-refractivity contribution in [2.45, 2.75) is 13.3 Å². The maximum absolute atomic E-state index is 12.2. The second kappa shape index (κ2) is 6.41. The number of carbonyl (C=O) groups excluding carboxylic acids is 1. The first-order valence-corrected chi connectivity index (χ1v) is 6.84. The van der Waals surface area contributed by atoms with E-state index in [1.54, 1.807) is 30.3 Å². The Bertz CT molecular complexity index is 679. The molecule has 0 aliphatic carbocycles. The van der Waals surface area contributed by atoms with Crippen LogP contribution < -0.4 is 15.8 Å². The predicted molar refractivity (Wildman–Crippen MR) is 84.9 cm³/mol. The van der Waals surface area contributed by atoms with Gasteiger partial charge in [-0.15, -0.1) is 0 Å². The predicted octanol–water partition coefficient (Wildman–Crippen LogP) is 2.74. The van der Waals surface area contributed by atoms with E-state index in [0.717, 1.165) is 12.2 Å². The Balaban J connectivity index is 2.33. The molecule has 0 fully saturated rings. The molecule has 0 spiro atoms. The minimum atomic E-state index is -0.378. The SMILES string of the molecule is CCc1ccc(C(=O)Nc2c(OC)cccc2C(N)=S)o1. The van der Waals surface area contributed by atoms with Crippen LogP contribution in [-0.4, -0.2) is 18.0 Å². The highest BCUT2D eigenvalue weighted by atomic mass is 32.1. The van der Waals surface area contributed by atoms with Gasteiger partial charge in [0.05, 0.1) is 12.8 Å². The fourth-order valence-corrected chi connectivity index (χ4v) is 2.07. The van der Waals surface area contributed by atoms with E-state index >= 15 is 0 Å². The molecular formula is C15H16N2O3S. The molecule has 1 heterocycles. The number of thiocarbonyl (C=S) groups is 1. The van der Waals surface area contributed by atoms with Crippen molar-refractivity contribution in [3.05, 3.63) is 47.4 Å². The monoisotopic (exact) mass is 304 g/mol. The summed E-state index contributed by atoms with van der Waals surface area (Å²) in [4.78, 5) is 12.4. The summed E-state index contributed by atoms with van der Waals surface area (Å²) in [5, 5.41) is 2.74. The van der Waals surface area contributed by atoms with Crippen LogP contribution in [0.3, 0.4) is 0 Å². The van der Waals surface area contributed by atoms with E-state index < -0.39 is 0 Å². The van der Waals surface area contributed by atoms with Crippen LogP contribution in [0.5, 0.6) is 5.75 Å². The summed E-state index contributed by atoms with van der Waals surface area (Å²) in [6.45, 7) is 1.95. The number of hydrogen-bond donors (Lipinski definition) is 2. The summed E-state index contributed by atoms with van der Waals surface area (Å²) >= 11 is 5.00. The Labute approximate surface area is 128 Å². The number of ether oxygens (including phenoxy) is 1. The summed E-state index contributed by atoms with van der Waals surface area (Å²) in [7, 11) is 1.51. The van der Waals surface area contributed by atoms with Crippen LogP contribution in [0.2, 0.25) is 0 Å². The number of furan rings is 1. The van der Waals surface area contributed by atoms with Gasteiger partial charge in [-0.05, 0) is 24.3 Å². The number of methoxy groups -OCH3 is 1. The summed E-state index contributed by atoms with van der Waals surface area (Å²) in [5.41, 5.74) is 6.66. The van der Waals surface area contributed by atoms with Crippen LogP contribution in [0.1, 0.15) is 28.8 Å². The second-order valence-electron chi connectivity index (χ2n) is 4.32.